The van der Waals surface area contributed by atoms with E-state index in [-0.39, 0.29) is 30.2 Å². The fourth-order valence-electron chi connectivity index (χ4n) is 7.97. The van der Waals surface area contributed by atoms with Gasteiger partial charge in [0.2, 0.25) is 0 Å². The third-order valence-corrected chi connectivity index (χ3v) is 9.64. The molecule has 0 radical (unpaired) electrons. The molecule has 3 saturated carbocycles. The molecule has 9 atom stereocenters. The molecule has 0 bridgehead atoms. The summed E-state index contributed by atoms with van der Waals surface area (Å²) in [5.74, 6) is -1.26. The van der Waals surface area contributed by atoms with Crippen LogP contribution in [-0.2, 0) is 19.1 Å². The van der Waals surface area contributed by atoms with Gasteiger partial charge >= 0.3 is 5.97 Å². The molecule has 35 heavy (non-hydrogen) atoms. The number of nitrogens with one attached hydrogen (secondary N) is 1. The molecule has 0 amide bonds. The molecule has 0 aromatic carbocycles. The minimum atomic E-state index is -1.26. The monoisotopic (exact) mass is 491 g/mol. The Morgan fingerprint density at radius 3 is 2.74 bits per heavy atom. The predicted molar refractivity (Wildman–Crippen MR) is 126 cm³/mol. The Morgan fingerprint density at radius 1 is 1.14 bits per heavy atom. The summed E-state index contributed by atoms with van der Waals surface area (Å²) in [6, 6.07) is -0.747. The fraction of sp³-hybridized carbons (Fsp3) is 0.846. The zero-order chi connectivity index (χ0) is 24.1. The van der Waals surface area contributed by atoms with Crippen molar-refractivity contribution in [3.8, 4) is 0 Å². The first kappa shape index (κ1) is 23.8. The first-order valence-electron chi connectivity index (χ1n) is 13.6. The molecule has 9 unspecified atom stereocenters. The van der Waals surface area contributed by atoms with Crippen LogP contribution in [0.1, 0.15) is 44.9 Å². The molecule has 5 fully saturated rings. The number of carboxylic acid groups (broad SMARTS) is 1. The highest BCUT2D eigenvalue weighted by atomic mass is 19.1. The number of aliphatic carboxylic acids is 1. The summed E-state index contributed by atoms with van der Waals surface area (Å²) in [5, 5.41) is 13.2. The van der Waals surface area contributed by atoms with Crippen molar-refractivity contribution in [3.05, 3.63) is 11.8 Å². The number of halogens is 1. The van der Waals surface area contributed by atoms with E-state index in [0.717, 1.165) is 52.1 Å². The number of hydrogen-bond donors (Lipinski definition) is 2. The third kappa shape index (κ3) is 4.22. The van der Waals surface area contributed by atoms with Gasteiger partial charge in [-0.15, -0.1) is 0 Å². The van der Waals surface area contributed by atoms with Gasteiger partial charge in [-0.25, -0.2) is 9.18 Å². The van der Waals surface area contributed by atoms with E-state index >= 15 is 4.39 Å². The Bertz CT molecular complexity index is 864. The van der Waals surface area contributed by atoms with Crippen molar-refractivity contribution in [3.63, 3.8) is 0 Å². The highest BCUT2D eigenvalue weighted by molar-refractivity contribution is 6.18. The van der Waals surface area contributed by atoms with Gasteiger partial charge in [0.1, 0.15) is 11.7 Å². The maximum atomic E-state index is 15.7. The molecule has 6 rings (SSSR count). The Hall–Kier alpha value is -1.55. The van der Waals surface area contributed by atoms with Gasteiger partial charge in [0, 0.05) is 38.3 Å². The van der Waals surface area contributed by atoms with Gasteiger partial charge in [0.25, 0.3) is 0 Å². The van der Waals surface area contributed by atoms with Crippen LogP contribution in [0.2, 0.25) is 0 Å². The molecular formula is C26H38FN3O5. The zero-order valence-corrected chi connectivity index (χ0v) is 20.3. The van der Waals surface area contributed by atoms with Crippen LogP contribution in [-0.4, -0.2) is 103 Å². The first-order chi connectivity index (χ1) is 17.0. The van der Waals surface area contributed by atoms with Crippen molar-refractivity contribution in [2.24, 2.45) is 17.8 Å². The lowest BCUT2D eigenvalue weighted by molar-refractivity contribution is -0.220. The molecule has 194 valence electrons. The van der Waals surface area contributed by atoms with Crippen LogP contribution >= 0.6 is 0 Å². The van der Waals surface area contributed by atoms with Crippen LogP contribution in [0, 0.1) is 17.8 Å². The second kappa shape index (κ2) is 9.72. The van der Waals surface area contributed by atoms with E-state index < -0.39 is 36.0 Å². The van der Waals surface area contributed by atoms with Gasteiger partial charge in [-0.2, -0.15) is 0 Å². The SMILES string of the molecule is O=C(O)C1=CN2C3CCC4CCCCC4C3OC3C(NCCN4CCOCC4)C(F)CC(C1=O)C32. The Balaban J connectivity index is 1.28. The first-order valence-corrected chi connectivity index (χ1v) is 13.6. The predicted octanol–water partition coefficient (Wildman–Crippen LogP) is 1.59. The lowest BCUT2D eigenvalue weighted by Gasteiger charge is -2.61. The molecule has 3 aliphatic heterocycles. The van der Waals surface area contributed by atoms with Crippen molar-refractivity contribution >= 4 is 11.8 Å². The van der Waals surface area contributed by atoms with E-state index in [1.807, 2.05) is 0 Å². The van der Waals surface area contributed by atoms with Crippen LogP contribution in [0.5, 0.6) is 0 Å². The van der Waals surface area contributed by atoms with Crippen LogP contribution in [0.15, 0.2) is 11.8 Å². The number of carbonyl (C=O) groups is 2. The number of carbonyl (C=O) groups excluding carboxylic acids is 1. The molecule has 0 aromatic heterocycles. The van der Waals surface area contributed by atoms with Gasteiger partial charge in [-0.1, -0.05) is 19.3 Å². The second-order valence-corrected chi connectivity index (χ2v) is 11.4. The summed E-state index contributed by atoms with van der Waals surface area (Å²) in [7, 11) is 0. The topological polar surface area (TPSA) is 91.3 Å². The van der Waals surface area contributed by atoms with E-state index in [4.69, 9.17) is 9.47 Å². The number of morpholine rings is 2. The van der Waals surface area contributed by atoms with E-state index in [2.05, 4.69) is 15.1 Å². The maximum Gasteiger partial charge on any atom is 0.340 e. The second-order valence-electron chi connectivity index (χ2n) is 11.4. The number of alkyl halides is 1. The largest absolute Gasteiger partial charge is 0.478 e. The summed E-state index contributed by atoms with van der Waals surface area (Å²) in [6.45, 7) is 4.68. The van der Waals surface area contributed by atoms with Crippen molar-refractivity contribution in [1.29, 1.82) is 0 Å². The van der Waals surface area contributed by atoms with E-state index in [1.54, 1.807) is 6.20 Å². The summed E-state index contributed by atoms with van der Waals surface area (Å²) < 4.78 is 28.0. The van der Waals surface area contributed by atoms with Gasteiger partial charge < -0.3 is 24.8 Å². The molecule has 2 saturated heterocycles. The molecule has 0 aromatic rings. The fourth-order valence-corrected chi connectivity index (χ4v) is 7.97. The number of nitrogens with zero attached hydrogens (tertiary/aromatic N) is 2. The average Bonchev–Trinajstić information content (AvgIpc) is 2.87. The van der Waals surface area contributed by atoms with Crippen molar-refractivity contribution in [1.82, 2.24) is 15.1 Å². The number of carboxylic acids is 1. The minimum absolute atomic E-state index is 0.0377. The van der Waals surface area contributed by atoms with Crippen molar-refractivity contribution < 1.29 is 28.6 Å². The smallest absolute Gasteiger partial charge is 0.340 e. The normalized spacial score (nSPS) is 43.6. The summed E-state index contributed by atoms with van der Waals surface area (Å²) in [5.41, 5.74) is -0.192. The summed E-state index contributed by atoms with van der Waals surface area (Å²) in [6.07, 6.45) is 6.70. The standard InChI is InChI=1S/C26H38FN3O5/c27-19-13-17-22-25(21(19)28-7-8-29-9-11-34-12-10-29)35-24-16-4-2-1-3-15(16)5-6-20(24)30(22)14-18(23(17)31)26(32)33/h14-17,19-22,24-25,28H,1-13H2,(H,32,33). The van der Waals surface area contributed by atoms with Gasteiger partial charge in [0.05, 0.1) is 43.5 Å². The molecule has 0 spiro atoms. The summed E-state index contributed by atoms with van der Waals surface area (Å²) in [4.78, 5) is 29.6. The van der Waals surface area contributed by atoms with Crippen molar-refractivity contribution in [2.75, 3.05) is 39.4 Å². The molecule has 8 nitrogen and oxygen atoms in total. The van der Waals surface area contributed by atoms with Gasteiger partial charge in [-0.3, -0.25) is 9.69 Å². The van der Waals surface area contributed by atoms with Crippen molar-refractivity contribution in [2.45, 2.75) is 81.5 Å². The Morgan fingerprint density at radius 2 is 1.94 bits per heavy atom. The Labute approximate surface area is 206 Å². The molecular weight excluding hydrogens is 453 g/mol. The van der Waals surface area contributed by atoms with E-state index in [1.165, 1.54) is 19.3 Å². The Kier molecular flexibility index (Phi) is 6.62. The molecule has 9 heteroatoms. The highest BCUT2D eigenvalue weighted by Crippen LogP contribution is 2.50. The molecule has 6 aliphatic rings. The van der Waals surface area contributed by atoms with Crippen LogP contribution < -0.4 is 5.32 Å². The van der Waals surface area contributed by atoms with E-state index in [9.17, 15) is 14.7 Å². The molecule has 3 heterocycles. The molecule has 3 aliphatic carbocycles. The number of fused-ring (bicyclic) bond motifs is 4. The van der Waals surface area contributed by atoms with Crippen LogP contribution in [0.25, 0.3) is 0 Å². The van der Waals surface area contributed by atoms with E-state index in [0.29, 0.717) is 18.4 Å². The van der Waals surface area contributed by atoms with Gasteiger partial charge in [0.15, 0.2) is 5.78 Å². The number of hydrogen-bond acceptors (Lipinski definition) is 7. The maximum absolute atomic E-state index is 15.7. The lowest BCUT2D eigenvalue weighted by atomic mass is 9.64. The number of rotatable bonds is 5. The molecule has 2 N–H and O–H groups in total. The average molecular weight is 492 g/mol. The number of ether oxygens (including phenoxy) is 2. The quantitative estimate of drug-likeness (QED) is 0.561. The zero-order valence-electron chi connectivity index (χ0n) is 20.3. The van der Waals surface area contributed by atoms with Crippen LogP contribution in [0.3, 0.4) is 0 Å². The number of ketones is 1. The van der Waals surface area contributed by atoms with Gasteiger partial charge in [-0.05, 0) is 37.5 Å². The van der Waals surface area contributed by atoms with Crippen LogP contribution in [0.4, 0.5) is 4.39 Å². The third-order valence-electron chi connectivity index (χ3n) is 9.64. The highest BCUT2D eigenvalue weighted by Gasteiger charge is 2.60. The lowest BCUT2D eigenvalue weighted by Crippen LogP contribution is -2.74. The minimum Gasteiger partial charge on any atom is -0.478 e. The number of Topliss-reactive ketones (excluding diaryl/α,β-unsaturated/α-hetero) is 1. The summed E-state index contributed by atoms with van der Waals surface area (Å²) >= 11 is 0.